The summed E-state index contributed by atoms with van der Waals surface area (Å²) in [5.41, 5.74) is 21.8. The molecule has 0 radical (unpaired) electrons. The lowest BCUT2D eigenvalue weighted by molar-refractivity contribution is -0.153. The third-order valence-corrected chi connectivity index (χ3v) is 13.3. The summed E-state index contributed by atoms with van der Waals surface area (Å²) in [7, 11) is 0. The normalized spacial score (nSPS) is 24.5. The number of aliphatic carboxylic acids is 1. The number of carbonyl (C=O) groups excluding carboxylic acids is 11. The van der Waals surface area contributed by atoms with E-state index in [2.05, 4.69) is 54.8 Å². The molecule has 10 amide bonds. The summed E-state index contributed by atoms with van der Waals surface area (Å²) in [5, 5.41) is 72.8. The molecule has 32 heteroatoms. The molecular formula is C51H88ClN13O18. The van der Waals surface area contributed by atoms with Crippen LogP contribution in [0.3, 0.4) is 0 Å². The Balaban J connectivity index is 3.99. The monoisotopic (exact) mass is 1210 g/mol. The number of rotatable bonds is 28. The molecule has 12 atom stereocenters. The first kappa shape index (κ1) is 74.4. The number of amides is 10. The largest absolute Gasteiger partial charge is 0.481 e. The van der Waals surface area contributed by atoms with Gasteiger partial charge >= 0.3 is 11.9 Å². The molecule has 0 bridgehead atoms. The number of carbonyl (C=O) groups is 12. The lowest BCUT2D eigenvalue weighted by Gasteiger charge is -2.29. The van der Waals surface area contributed by atoms with Crippen molar-refractivity contribution in [2.75, 3.05) is 32.1 Å². The molecule has 0 aromatic carbocycles. The summed E-state index contributed by atoms with van der Waals surface area (Å²) in [6.45, 7) is 2.66. The number of halogens is 1. The topological polar surface area (TPSA) is 528 Å². The SMILES string of the molecule is C/C=C1/NC(=O)C([C@H](C)O)NC(=O)[C@H](CCN)NC(=O)C([C@H](O)C(N)=O)NC(=O)C(CCCCN)NC(=O)[C@H](CC(=O)O)NC(=O)C(CCN)NC(=O)C(NC(=O)C[C@H](O)CCCCCCCCCCC)COC(=O)C([C@H](O)CCl)NC1=O. The highest BCUT2D eigenvalue weighted by atomic mass is 35.5. The van der Waals surface area contributed by atoms with Gasteiger partial charge in [-0.05, 0) is 72.0 Å². The van der Waals surface area contributed by atoms with Gasteiger partial charge in [-0.15, -0.1) is 11.6 Å². The Kier molecular flexibility index (Phi) is 36.4. The summed E-state index contributed by atoms with van der Waals surface area (Å²) >= 11 is 5.90. The average Bonchev–Trinajstić information content (AvgIpc) is 3.51. The minimum Gasteiger partial charge on any atom is -0.481 e. The van der Waals surface area contributed by atoms with Gasteiger partial charge in [-0.3, -0.25) is 52.7 Å². The summed E-state index contributed by atoms with van der Waals surface area (Å²) in [5.74, 6) is -16.9. The Labute approximate surface area is 486 Å². The van der Waals surface area contributed by atoms with Gasteiger partial charge in [-0.1, -0.05) is 70.8 Å². The molecule has 22 N–H and O–H groups in total. The van der Waals surface area contributed by atoms with E-state index in [1.54, 1.807) is 0 Å². The van der Waals surface area contributed by atoms with Gasteiger partial charge in [-0.2, -0.15) is 0 Å². The average molecular weight is 1210 g/mol. The minimum atomic E-state index is -2.54. The fourth-order valence-corrected chi connectivity index (χ4v) is 8.43. The van der Waals surface area contributed by atoms with Gasteiger partial charge in [0.05, 0.1) is 37.0 Å². The molecule has 1 aliphatic rings. The molecule has 1 rings (SSSR count). The van der Waals surface area contributed by atoms with E-state index in [9.17, 15) is 83.1 Å². The highest BCUT2D eigenvalue weighted by Gasteiger charge is 2.40. The zero-order chi connectivity index (χ0) is 62.8. The number of aliphatic hydroxyl groups excluding tert-OH is 4. The Hall–Kier alpha value is -6.61. The van der Waals surface area contributed by atoms with Gasteiger partial charge in [0.2, 0.25) is 53.2 Å². The van der Waals surface area contributed by atoms with Gasteiger partial charge in [-0.25, -0.2) is 4.79 Å². The summed E-state index contributed by atoms with van der Waals surface area (Å²) < 4.78 is 5.34. The maximum atomic E-state index is 14.1. The first-order valence-corrected chi connectivity index (χ1v) is 28.3. The molecule has 472 valence electrons. The van der Waals surface area contributed by atoms with Crippen LogP contribution in [-0.4, -0.2) is 201 Å². The number of hydrogen-bond donors (Lipinski definition) is 18. The van der Waals surface area contributed by atoms with E-state index >= 15 is 0 Å². The van der Waals surface area contributed by atoms with E-state index in [0.29, 0.717) is 6.42 Å². The van der Waals surface area contributed by atoms with Crippen LogP contribution in [0.2, 0.25) is 0 Å². The number of cyclic esters (lactones) is 1. The number of aliphatic hydroxyl groups is 4. The number of ether oxygens (including phenoxy) is 1. The molecule has 0 aromatic heterocycles. The zero-order valence-corrected chi connectivity index (χ0v) is 48.0. The van der Waals surface area contributed by atoms with E-state index in [-0.39, 0.29) is 45.3 Å². The fourth-order valence-electron chi connectivity index (χ4n) is 8.25. The highest BCUT2D eigenvalue weighted by molar-refractivity contribution is 6.18. The van der Waals surface area contributed by atoms with Gasteiger partial charge in [0.15, 0.2) is 12.1 Å². The second kappa shape index (κ2) is 40.6. The van der Waals surface area contributed by atoms with Crippen LogP contribution in [0.1, 0.15) is 130 Å². The quantitative estimate of drug-likeness (QED) is 0.0150. The summed E-state index contributed by atoms with van der Waals surface area (Å²) in [6, 6.07) is -15.7. The van der Waals surface area contributed by atoms with E-state index in [0.717, 1.165) is 64.4 Å². The van der Waals surface area contributed by atoms with Crippen molar-refractivity contribution in [2.24, 2.45) is 22.9 Å². The minimum absolute atomic E-state index is 0.0691. The molecule has 1 aliphatic heterocycles. The van der Waals surface area contributed by atoms with Crippen LogP contribution in [0.25, 0.3) is 0 Å². The molecule has 1 fully saturated rings. The van der Waals surface area contributed by atoms with Crippen molar-refractivity contribution >= 4 is 82.6 Å². The first-order valence-electron chi connectivity index (χ1n) is 27.8. The molecule has 6 unspecified atom stereocenters. The molecule has 0 spiro atoms. The molecular weight excluding hydrogens is 1120 g/mol. The molecule has 1 saturated heterocycles. The third-order valence-electron chi connectivity index (χ3n) is 13.0. The maximum Gasteiger partial charge on any atom is 0.331 e. The number of primary amides is 1. The van der Waals surface area contributed by atoms with Crippen molar-refractivity contribution in [3.8, 4) is 0 Å². The molecule has 83 heavy (non-hydrogen) atoms. The van der Waals surface area contributed by atoms with Crippen LogP contribution in [0.4, 0.5) is 0 Å². The van der Waals surface area contributed by atoms with E-state index < -0.39 is 188 Å². The fraction of sp³-hybridized carbons (Fsp3) is 0.725. The van der Waals surface area contributed by atoms with Gasteiger partial charge < -0.3 is 101 Å². The molecule has 1 heterocycles. The Morgan fingerprint density at radius 2 is 1.14 bits per heavy atom. The van der Waals surface area contributed by atoms with Crippen LogP contribution >= 0.6 is 11.6 Å². The molecule has 31 nitrogen and oxygen atoms in total. The predicted octanol–water partition coefficient (Wildman–Crippen LogP) is -5.76. The highest BCUT2D eigenvalue weighted by Crippen LogP contribution is 2.14. The number of carboxylic acids is 1. The zero-order valence-electron chi connectivity index (χ0n) is 47.3. The Morgan fingerprint density at radius 3 is 1.66 bits per heavy atom. The number of hydrogen-bond acceptors (Lipinski definition) is 20. The Bertz CT molecular complexity index is 2190. The van der Waals surface area contributed by atoms with Gasteiger partial charge in [0.1, 0.15) is 54.6 Å². The number of esters is 1. The van der Waals surface area contributed by atoms with Crippen LogP contribution in [-0.2, 0) is 62.3 Å². The smallest absolute Gasteiger partial charge is 0.331 e. The number of nitrogens with two attached hydrogens (primary N) is 4. The van der Waals surface area contributed by atoms with Crippen molar-refractivity contribution in [1.82, 2.24) is 47.9 Å². The van der Waals surface area contributed by atoms with Crippen molar-refractivity contribution < 1.29 is 87.8 Å². The van der Waals surface area contributed by atoms with Crippen LogP contribution in [0, 0.1) is 0 Å². The Morgan fingerprint density at radius 1 is 0.639 bits per heavy atom. The lowest BCUT2D eigenvalue weighted by Crippen LogP contribution is -2.64. The van der Waals surface area contributed by atoms with Crippen LogP contribution in [0.5, 0.6) is 0 Å². The number of allylic oxidation sites excluding steroid dienone is 1. The number of alkyl halides is 1. The third kappa shape index (κ3) is 28.0. The van der Waals surface area contributed by atoms with Gasteiger partial charge in [0.25, 0.3) is 5.91 Å². The first-order chi connectivity index (χ1) is 39.3. The second-order valence-electron chi connectivity index (χ2n) is 19.9. The van der Waals surface area contributed by atoms with Crippen molar-refractivity contribution in [1.29, 1.82) is 0 Å². The van der Waals surface area contributed by atoms with Crippen molar-refractivity contribution in [2.45, 2.75) is 203 Å². The predicted molar refractivity (Wildman–Crippen MR) is 297 cm³/mol. The van der Waals surface area contributed by atoms with Gasteiger partial charge in [0, 0.05) is 0 Å². The van der Waals surface area contributed by atoms with Crippen molar-refractivity contribution in [3.63, 3.8) is 0 Å². The summed E-state index contributed by atoms with van der Waals surface area (Å²) in [4.78, 5) is 163. The van der Waals surface area contributed by atoms with E-state index in [1.807, 2.05) is 0 Å². The van der Waals surface area contributed by atoms with Crippen LogP contribution < -0.4 is 70.8 Å². The number of carboxylic acid groups (broad SMARTS) is 1. The standard InChI is InChI=1S/C51H88ClN13O18/c1-4-6-7-8-9-10-11-12-13-16-28(67)23-36(69)57-34-26-83-51(82)39(35(68)25-52)64-43(74)29(5-2)58-49(80)38(27(3)66)63-46(77)32(19-22-55)61-50(81)40(41(72)42(56)73)65-45(76)30(17-14-15-20-53)59-47(78)33(24-37(70)71)62-44(75)31(18-21-54)60-48(34)79/h5,27-28,30-35,38-41,66-68,72H,4,6-26,53-55H2,1-3H3,(H2,56,73)(H,57,69)(H,58,80)(H,59,78)(H,60,79)(H,61,81)(H,62,75)(H,63,77)(H,64,74)(H,65,76)(H,70,71)/b29-5+/t27-,28+,30?,31?,32-,33-,34?,35+,38?,39?,40?,41-/m0/s1. The van der Waals surface area contributed by atoms with Crippen LogP contribution in [0.15, 0.2) is 11.8 Å². The number of unbranched alkanes of at least 4 members (excludes halogenated alkanes) is 9. The van der Waals surface area contributed by atoms with E-state index in [4.69, 9.17) is 39.3 Å². The lowest BCUT2D eigenvalue weighted by atomic mass is 10.0. The maximum absolute atomic E-state index is 14.1. The molecule has 0 aromatic rings. The summed E-state index contributed by atoms with van der Waals surface area (Å²) in [6.07, 6.45) is -0.0396. The number of nitrogens with one attached hydrogen (secondary N) is 9. The second-order valence-corrected chi connectivity index (χ2v) is 20.2. The van der Waals surface area contributed by atoms with E-state index in [1.165, 1.54) is 6.92 Å². The molecule has 0 saturated carbocycles. The molecule has 0 aliphatic carbocycles. The van der Waals surface area contributed by atoms with Crippen molar-refractivity contribution in [3.05, 3.63) is 11.8 Å².